The first-order chi connectivity index (χ1) is 16.4. The summed E-state index contributed by atoms with van der Waals surface area (Å²) in [5.41, 5.74) is 2.82. The topological polar surface area (TPSA) is 67.2 Å². The normalized spacial score (nSPS) is 27.2. The molecule has 2 N–H and O–H groups in total. The van der Waals surface area contributed by atoms with E-state index in [0.717, 1.165) is 23.4 Å². The molecule has 4 fully saturated rings. The molecule has 0 aliphatic heterocycles. The lowest BCUT2D eigenvalue weighted by Gasteiger charge is -2.56. The Bertz CT molecular complexity index is 1270. The van der Waals surface area contributed by atoms with E-state index < -0.39 is 0 Å². The number of aromatic nitrogens is 1. The number of benzene rings is 2. The van der Waals surface area contributed by atoms with Crippen LogP contribution < -0.4 is 10.6 Å². The van der Waals surface area contributed by atoms with Gasteiger partial charge in [-0.1, -0.05) is 29.3 Å². The third-order valence-corrected chi connectivity index (χ3v) is 8.80. The predicted molar refractivity (Wildman–Crippen MR) is 139 cm³/mol. The Morgan fingerprint density at radius 3 is 2.50 bits per heavy atom. The fourth-order valence-electron chi connectivity index (χ4n) is 6.97. The Balaban J connectivity index is 1.12. The van der Waals surface area contributed by atoms with Crippen molar-refractivity contribution >= 4 is 63.2 Å². The van der Waals surface area contributed by atoms with Crippen molar-refractivity contribution in [2.24, 2.45) is 23.2 Å². The standard InChI is InChI=1S/C26H25Cl2N3O2S/c27-19-3-1-2-18(23(19)28)24-30-20-9-17(4-5-21(20)33-24)29-25(34)31-22(32)13-26-10-14-6-15(11-26)8-16(7-14)12-26/h1-5,9,14-16H,6-8,10-13H2,(H2,29,31,32,34). The van der Waals surface area contributed by atoms with Gasteiger partial charge in [0, 0.05) is 12.1 Å². The van der Waals surface area contributed by atoms with E-state index in [2.05, 4.69) is 15.6 Å². The van der Waals surface area contributed by atoms with Gasteiger partial charge in [-0.3, -0.25) is 4.79 Å². The summed E-state index contributed by atoms with van der Waals surface area (Å²) >= 11 is 17.9. The van der Waals surface area contributed by atoms with Gasteiger partial charge in [-0.25, -0.2) is 4.98 Å². The number of oxazole rings is 1. The first-order valence-corrected chi connectivity index (χ1v) is 13.0. The molecule has 0 radical (unpaired) electrons. The summed E-state index contributed by atoms with van der Waals surface area (Å²) in [6.45, 7) is 0. The number of fused-ring (bicyclic) bond motifs is 1. The quantitative estimate of drug-likeness (QED) is 0.360. The monoisotopic (exact) mass is 513 g/mol. The molecule has 1 aromatic heterocycles. The number of halogens is 2. The van der Waals surface area contributed by atoms with E-state index in [-0.39, 0.29) is 11.3 Å². The molecule has 176 valence electrons. The number of carbonyl (C=O) groups is 1. The van der Waals surface area contributed by atoms with Crippen LogP contribution in [0, 0.1) is 23.2 Å². The van der Waals surface area contributed by atoms with Crippen LogP contribution in [-0.4, -0.2) is 16.0 Å². The van der Waals surface area contributed by atoms with Gasteiger partial charge in [0.2, 0.25) is 11.8 Å². The highest BCUT2D eigenvalue weighted by Crippen LogP contribution is 2.61. The van der Waals surface area contributed by atoms with Gasteiger partial charge < -0.3 is 15.1 Å². The highest BCUT2D eigenvalue weighted by Gasteiger charge is 2.51. The van der Waals surface area contributed by atoms with Gasteiger partial charge in [0.25, 0.3) is 0 Å². The fourth-order valence-corrected chi connectivity index (χ4v) is 7.58. The summed E-state index contributed by atoms with van der Waals surface area (Å²) in [7, 11) is 0. The average Bonchev–Trinajstić information content (AvgIpc) is 3.17. The van der Waals surface area contributed by atoms with E-state index in [0.29, 0.717) is 44.1 Å². The minimum atomic E-state index is 0.0137. The Labute approximate surface area is 213 Å². The maximum Gasteiger partial charge on any atom is 0.228 e. The van der Waals surface area contributed by atoms with Crippen LogP contribution >= 0.6 is 35.4 Å². The largest absolute Gasteiger partial charge is 0.436 e. The van der Waals surface area contributed by atoms with Crippen LogP contribution in [0.5, 0.6) is 0 Å². The second-order valence-electron chi connectivity index (χ2n) is 10.4. The van der Waals surface area contributed by atoms with Crippen LogP contribution in [0.1, 0.15) is 44.9 Å². The minimum absolute atomic E-state index is 0.0137. The molecular formula is C26H25Cl2N3O2S. The third-order valence-electron chi connectivity index (χ3n) is 7.78. The number of rotatable bonds is 4. The number of nitrogens with one attached hydrogen (secondary N) is 2. The van der Waals surface area contributed by atoms with Crippen LogP contribution in [0.4, 0.5) is 5.69 Å². The summed E-state index contributed by atoms with van der Waals surface area (Å²) in [6, 6.07) is 10.8. The zero-order chi connectivity index (χ0) is 23.4. The lowest BCUT2D eigenvalue weighted by molar-refractivity contribution is -0.127. The summed E-state index contributed by atoms with van der Waals surface area (Å²) in [6.07, 6.45) is 8.30. The smallest absolute Gasteiger partial charge is 0.228 e. The Morgan fingerprint density at radius 1 is 1.09 bits per heavy atom. The SMILES string of the molecule is O=C(CC12CC3CC(CC(C3)C1)C2)NC(=S)Nc1ccc2oc(-c3cccc(Cl)c3Cl)nc2c1. The molecule has 4 aliphatic rings. The van der Waals surface area contributed by atoms with E-state index in [1.165, 1.54) is 38.5 Å². The lowest BCUT2D eigenvalue weighted by Crippen LogP contribution is -2.48. The van der Waals surface area contributed by atoms with Crippen molar-refractivity contribution < 1.29 is 9.21 Å². The summed E-state index contributed by atoms with van der Waals surface area (Å²) < 4.78 is 5.86. The third kappa shape index (κ3) is 4.21. The number of hydrogen-bond donors (Lipinski definition) is 2. The number of amides is 1. The molecule has 4 saturated carbocycles. The van der Waals surface area contributed by atoms with Crippen LogP contribution in [0.15, 0.2) is 40.8 Å². The Kier molecular flexibility index (Phi) is 5.58. The van der Waals surface area contributed by atoms with Crippen LogP contribution in [0.2, 0.25) is 10.0 Å². The van der Waals surface area contributed by atoms with Crippen molar-refractivity contribution in [1.29, 1.82) is 0 Å². The van der Waals surface area contributed by atoms with Gasteiger partial charge in [0.05, 0.1) is 15.6 Å². The number of hydrogen-bond acceptors (Lipinski definition) is 4. The number of thiocarbonyl (C=S) groups is 1. The molecule has 5 nitrogen and oxygen atoms in total. The van der Waals surface area contributed by atoms with Crippen molar-refractivity contribution in [3.63, 3.8) is 0 Å². The Hall–Kier alpha value is -2.15. The first kappa shape index (κ1) is 22.3. The highest BCUT2D eigenvalue weighted by molar-refractivity contribution is 7.80. The van der Waals surface area contributed by atoms with Crippen molar-refractivity contribution in [2.75, 3.05) is 5.32 Å². The number of nitrogens with zero attached hydrogens (tertiary/aromatic N) is 1. The molecule has 34 heavy (non-hydrogen) atoms. The maximum atomic E-state index is 12.9. The molecule has 4 bridgehead atoms. The summed E-state index contributed by atoms with van der Waals surface area (Å²) in [5, 5.41) is 7.16. The van der Waals surface area contributed by atoms with Gasteiger partial charge in [-0.2, -0.15) is 0 Å². The van der Waals surface area contributed by atoms with Crippen LogP contribution in [-0.2, 0) is 4.79 Å². The molecule has 3 aromatic rings. The van der Waals surface area contributed by atoms with Gasteiger partial charge in [-0.15, -0.1) is 0 Å². The molecular weight excluding hydrogens is 489 g/mol. The first-order valence-electron chi connectivity index (χ1n) is 11.8. The van der Waals surface area contributed by atoms with E-state index in [1.54, 1.807) is 12.1 Å². The fraction of sp³-hybridized carbons (Fsp3) is 0.423. The van der Waals surface area contributed by atoms with E-state index in [4.69, 9.17) is 39.8 Å². The minimum Gasteiger partial charge on any atom is -0.436 e. The van der Waals surface area contributed by atoms with Gasteiger partial charge in [0.1, 0.15) is 5.52 Å². The maximum absolute atomic E-state index is 12.9. The molecule has 4 aliphatic carbocycles. The highest BCUT2D eigenvalue weighted by atomic mass is 35.5. The van der Waals surface area contributed by atoms with Crippen LogP contribution in [0.3, 0.4) is 0 Å². The number of carbonyl (C=O) groups excluding carboxylic acids is 1. The molecule has 0 spiro atoms. The molecule has 0 unspecified atom stereocenters. The molecule has 0 saturated heterocycles. The molecule has 8 heteroatoms. The Morgan fingerprint density at radius 2 is 1.79 bits per heavy atom. The zero-order valence-corrected chi connectivity index (χ0v) is 20.9. The summed E-state index contributed by atoms with van der Waals surface area (Å²) in [5.74, 6) is 2.88. The number of anilines is 1. The van der Waals surface area contributed by atoms with E-state index >= 15 is 0 Å². The second kappa shape index (κ2) is 8.51. The molecule has 1 amide bonds. The lowest BCUT2D eigenvalue weighted by atomic mass is 9.49. The summed E-state index contributed by atoms with van der Waals surface area (Å²) in [4.78, 5) is 17.4. The van der Waals surface area contributed by atoms with Gasteiger partial charge in [-0.05, 0) is 104 Å². The average molecular weight is 514 g/mol. The van der Waals surface area contributed by atoms with Gasteiger partial charge in [0.15, 0.2) is 10.7 Å². The van der Waals surface area contributed by atoms with E-state index in [9.17, 15) is 4.79 Å². The van der Waals surface area contributed by atoms with Crippen molar-refractivity contribution in [1.82, 2.24) is 10.3 Å². The van der Waals surface area contributed by atoms with Crippen molar-refractivity contribution in [3.8, 4) is 11.5 Å². The van der Waals surface area contributed by atoms with E-state index in [1.807, 2.05) is 24.3 Å². The second-order valence-corrected chi connectivity index (χ2v) is 11.6. The van der Waals surface area contributed by atoms with Crippen molar-refractivity contribution in [2.45, 2.75) is 44.9 Å². The van der Waals surface area contributed by atoms with Crippen LogP contribution in [0.25, 0.3) is 22.6 Å². The van der Waals surface area contributed by atoms with Crippen molar-refractivity contribution in [3.05, 3.63) is 46.4 Å². The molecule has 0 atom stereocenters. The molecule has 1 heterocycles. The van der Waals surface area contributed by atoms with Gasteiger partial charge >= 0.3 is 0 Å². The molecule has 7 rings (SSSR count). The zero-order valence-electron chi connectivity index (χ0n) is 18.6. The predicted octanol–water partition coefficient (Wildman–Crippen LogP) is 7.22. The molecule has 2 aromatic carbocycles.